The van der Waals surface area contributed by atoms with E-state index in [1.807, 2.05) is 19.1 Å². The Morgan fingerprint density at radius 1 is 1.30 bits per heavy atom. The van der Waals surface area contributed by atoms with Crippen molar-refractivity contribution in [2.24, 2.45) is 0 Å². The van der Waals surface area contributed by atoms with Crippen LogP contribution in [0.2, 0.25) is 5.02 Å². The van der Waals surface area contributed by atoms with E-state index in [4.69, 9.17) is 16.0 Å². The van der Waals surface area contributed by atoms with Gasteiger partial charge < -0.3 is 14.4 Å². The fourth-order valence-electron chi connectivity index (χ4n) is 3.21. The van der Waals surface area contributed by atoms with Gasteiger partial charge in [-0.25, -0.2) is 14.8 Å². The van der Waals surface area contributed by atoms with Crippen molar-refractivity contribution < 1.29 is 14.3 Å². The minimum absolute atomic E-state index is 0.196. The zero-order valence-corrected chi connectivity index (χ0v) is 17.1. The van der Waals surface area contributed by atoms with Crippen LogP contribution < -0.4 is 5.32 Å². The number of aliphatic hydroxyl groups excluding tert-OH is 1. The average molecular weight is 426 g/mol. The van der Waals surface area contributed by atoms with Crippen molar-refractivity contribution in [3.63, 3.8) is 0 Å². The maximum atomic E-state index is 12.5. The smallest absolute Gasteiger partial charge is 0.323 e. The predicted molar refractivity (Wildman–Crippen MR) is 113 cm³/mol. The van der Waals surface area contributed by atoms with Crippen molar-refractivity contribution in [3.05, 3.63) is 65.0 Å². The lowest BCUT2D eigenvalue weighted by Gasteiger charge is -2.26. The van der Waals surface area contributed by atoms with Crippen LogP contribution in [0.1, 0.15) is 23.4 Å². The Labute approximate surface area is 178 Å². The molecule has 3 aromatic heterocycles. The van der Waals surface area contributed by atoms with Gasteiger partial charge in [0.15, 0.2) is 12.2 Å². The molecule has 2 N–H and O–H groups in total. The molecule has 4 rings (SSSR count). The number of carbonyl (C=O) groups is 1. The van der Waals surface area contributed by atoms with Gasteiger partial charge in [0.25, 0.3) is 0 Å². The monoisotopic (exact) mass is 425 g/mol. The van der Waals surface area contributed by atoms with Gasteiger partial charge in [0.05, 0.1) is 17.3 Å². The third-order valence-electron chi connectivity index (χ3n) is 4.84. The molecule has 30 heavy (non-hydrogen) atoms. The van der Waals surface area contributed by atoms with Crippen molar-refractivity contribution >= 4 is 29.0 Å². The molecule has 4 heterocycles. The average Bonchev–Trinajstić information content (AvgIpc) is 3.24. The molecular formula is C21H20ClN5O3. The number of carbonyl (C=O) groups excluding carboxylic acids is 1. The van der Waals surface area contributed by atoms with Gasteiger partial charge in [0, 0.05) is 31.0 Å². The van der Waals surface area contributed by atoms with Crippen LogP contribution in [-0.4, -0.2) is 44.1 Å². The van der Waals surface area contributed by atoms with E-state index >= 15 is 0 Å². The summed E-state index contributed by atoms with van der Waals surface area (Å²) < 4.78 is 5.34. The van der Waals surface area contributed by atoms with E-state index in [1.165, 1.54) is 6.39 Å². The highest BCUT2D eigenvalue weighted by Gasteiger charge is 2.21. The lowest BCUT2D eigenvalue weighted by Crippen LogP contribution is -2.38. The number of anilines is 1. The highest BCUT2D eigenvalue weighted by molar-refractivity contribution is 6.32. The van der Waals surface area contributed by atoms with Crippen LogP contribution >= 0.6 is 11.6 Å². The number of nitrogens with zero attached hydrogens (tertiary/aromatic N) is 4. The number of halogens is 1. The number of oxazole rings is 1. The maximum absolute atomic E-state index is 12.5. The Kier molecular flexibility index (Phi) is 5.78. The molecule has 154 valence electrons. The number of nitrogens with one attached hydrogen (secondary N) is 1. The number of rotatable bonds is 4. The van der Waals surface area contributed by atoms with Crippen LogP contribution in [0, 0.1) is 6.92 Å². The number of aliphatic hydroxyl groups is 1. The minimum Gasteiger partial charge on any atom is -0.443 e. The molecule has 0 spiro atoms. The molecule has 0 bridgehead atoms. The maximum Gasteiger partial charge on any atom is 0.323 e. The number of hydrogen-bond donors (Lipinski definition) is 2. The Bertz CT molecular complexity index is 1090. The van der Waals surface area contributed by atoms with Crippen LogP contribution in [0.15, 0.2) is 47.5 Å². The molecule has 0 saturated carbocycles. The fourth-order valence-corrected chi connectivity index (χ4v) is 3.50. The van der Waals surface area contributed by atoms with Crippen LogP contribution in [0.5, 0.6) is 0 Å². The first kappa shape index (κ1) is 20.1. The summed E-state index contributed by atoms with van der Waals surface area (Å²) in [5, 5.41) is 12.6. The molecule has 0 aromatic carbocycles. The minimum atomic E-state index is -0.230. The summed E-state index contributed by atoms with van der Waals surface area (Å²) in [6.07, 6.45) is 7.21. The summed E-state index contributed by atoms with van der Waals surface area (Å²) in [6.45, 7) is 2.70. The molecule has 0 saturated heterocycles. The largest absolute Gasteiger partial charge is 0.443 e. The summed E-state index contributed by atoms with van der Waals surface area (Å²) in [5.74, 6) is 0.971. The van der Waals surface area contributed by atoms with E-state index < -0.39 is 0 Å². The van der Waals surface area contributed by atoms with Gasteiger partial charge in [0.1, 0.15) is 11.5 Å². The molecular weight excluding hydrogens is 406 g/mol. The molecule has 9 heteroatoms. The van der Waals surface area contributed by atoms with E-state index in [-0.39, 0.29) is 12.6 Å². The van der Waals surface area contributed by atoms with E-state index in [1.54, 1.807) is 29.4 Å². The van der Waals surface area contributed by atoms with E-state index in [0.717, 1.165) is 11.1 Å². The number of aryl methyl sites for hydroxylation is 1. The molecule has 1 aliphatic heterocycles. The van der Waals surface area contributed by atoms with Crippen molar-refractivity contribution in [2.75, 3.05) is 18.4 Å². The predicted octanol–water partition coefficient (Wildman–Crippen LogP) is 3.91. The highest BCUT2D eigenvalue weighted by Crippen LogP contribution is 2.31. The molecule has 0 unspecified atom stereocenters. The first-order chi connectivity index (χ1) is 14.5. The van der Waals surface area contributed by atoms with Crippen LogP contribution in [0.4, 0.5) is 10.6 Å². The number of pyridine rings is 2. The molecule has 8 nitrogen and oxygen atoms in total. The number of amides is 2. The molecule has 2 amide bonds. The first-order valence-corrected chi connectivity index (χ1v) is 9.80. The Morgan fingerprint density at radius 2 is 2.17 bits per heavy atom. The van der Waals surface area contributed by atoms with Crippen molar-refractivity contribution in [2.45, 2.75) is 20.0 Å². The Balaban J connectivity index is 1.45. The molecule has 1 aliphatic rings. The summed E-state index contributed by atoms with van der Waals surface area (Å²) in [5.41, 5.74) is 3.76. The topological polar surface area (TPSA) is 104 Å². The quantitative estimate of drug-likeness (QED) is 0.656. The van der Waals surface area contributed by atoms with E-state index in [2.05, 4.69) is 20.3 Å². The van der Waals surface area contributed by atoms with Crippen LogP contribution in [-0.2, 0) is 6.61 Å². The standard InChI is InChI=1S/C21H20ClN5O3/c1-13-2-3-18(23-9-13)26-21(29)27-6-4-14(5-7-27)19-16(22)8-15(10-24-19)20-17(11-28)25-12-30-20/h2-4,8-10,12,28H,5-7,11H2,1H3,(H,23,26,29). The van der Waals surface area contributed by atoms with Gasteiger partial charge in [-0.3, -0.25) is 10.3 Å². The van der Waals surface area contributed by atoms with E-state index in [9.17, 15) is 9.90 Å². The first-order valence-electron chi connectivity index (χ1n) is 9.42. The molecule has 0 atom stereocenters. The number of aromatic nitrogens is 3. The van der Waals surface area contributed by atoms with Crippen LogP contribution in [0.3, 0.4) is 0 Å². The summed E-state index contributed by atoms with van der Waals surface area (Å²) in [4.78, 5) is 26.8. The lowest BCUT2D eigenvalue weighted by atomic mass is 10.0. The summed E-state index contributed by atoms with van der Waals surface area (Å²) in [7, 11) is 0. The number of urea groups is 1. The van der Waals surface area contributed by atoms with Gasteiger partial charge in [-0.15, -0.1) is 0 Å². The third kappa shape index (κ3) is 4.19. The Hall–Kier alpha value is -3.23. The molecule has 0 aliphatic carbocycles. The lowest BCUT2D eigenvalue weighted by molar-refractivity contribution is 0.217. The molecule has 0 radical (unpaired) electrons. The second kappa shape index (κ2) is 8.64. The zero-order chi connectivity index (χ0) is 21.1. The summed E-state index contributed by atoms with van der Waals surface area (Å²) >= 11 is 6.47. The van der Waals surface area contributed by atoms with Crippen LogP contribution in [0.25, 0.3) is 16.9 Å². The third-order valence-corrected chi connectivity index (χ3v) is 5.13. The zero-order valence-electron chi connectivity index (χ0n) is 16.3. The van der Waals surface area contributed by atoms with Gasteiger partial charge in [0.2, 0.25) is 0 Å². The van der Waals surface area contributed by atoms with Gasteiger partial charge in [-0.1, -0.05) is 23.7 Å². The summed E-state index contributed by atoms with van der Waals surface area (Å²) in [6, 6.07) is 5.22. The SMILES string of the molecule is Cc1ccc(NC(=O)N2CC=C(c3ncc(-c4ocnc4CO)cc3Cl)CC2)nc1. The highest BCUT2D eigenvalue weighted by atomic mass is 35.5. The fraction of sp³-hybridized carbons (Fsp3) is 0.238. The van der Waals surface area contributed by atoms with Gasteiger partial charge in [-0.2, -0.15) is 0 Å². The molecule has 3 aromatic rings. The second-order valence-corrected chi connectivity index (χ2v) is 7.32. The van der Waals surface area contributed by atoms with Crippen molar-refractivity contribution in [1.29, 1.82) is 0 Å². The van der Waals surface area contributed by atoms with Gasteiger partial charge in [-0.05, 0) is 36.6 Å². The normalized spacial score (nSPS) is 13.8. The van der Waals surface area contributed by atoms with Crippen molar-refractivity contribution in [1.82, 2.24) is 19.9 Å². The second-order valence-electron chi connectivity index (χ2n) is 6.92. The Morgan fingerprint density at radius 3 is 2.83 bits per heavy atom. The number of hydrogen-bond acceptors (Lipinski definition) is 6. The van der Waals surface area contributed by atoms with E-state index in [0.29, 0.717) is 53.1 Å². The van der Waals surface area contributed by atoms with Crippen molar-refractivity contribution in [3.8, 4) is 11.3 Å². The molecule has 0 fully saturated rings. The van der Waals surface area contributed by atoms with Gasteiger partial charge >= 0.3 is 6.03 Å².